The van der Waals surface area contributed by atoms with Gasteiger partial charge in [-0.2, -0.15) is 0 Å². The van der Waals surface area contributed by atoms with Crippen molar-refractivity contribution in [1.29, 1.82) is 0 Å². The number of aliphatic hydroxyl groups excluding tert-OH is 1. The molecule has 0 heterocycles. The number of esters is 1. The van der Waals surface area contributed by atoms with Crippen LogP contribution in [0.1, 0.15) is 87.8 Å². The Balaban J connectivity index is 1.36. The number of hydrogen-bond acceptors (Lipinski definition) is 3. The highest BCUT2D eigenvalue weighted by molar-refractivity contribution is 5.81. The van der Waals surface area contributed by atoms with Gasteiger partial charge in [-0.05, 0) is 103 Å². The molecule has 2 aromatic rings. The second-order valence-corrected chi connectivity index (χ2v) is 11.7. The largest absolute Gasteiger partial charge is 0.458 e. The lowest BCUT2D eigenvalue weighted by atomic mass is 9.69. The van der Waals surface area contributed by atoms with Crippen LogP contribution in [0, 0.1) is 23.7 Å². The Morgan fingerprint density at radius 2 is 1.57 bits per heavy atom. The van der Waals surface area contributed by atoms with Crippen LogP contribution < -0.4 is 0 Å². The Morgan fingerprint density at radius 1 is 0.919 bits per heavy atom. The van der Waals surface area contributed by atoms with E-state index in [2.05, 4.69) is 56.0 Å². The highest BCUT2D eigenvalue weighted by Crippen LogP contribution is 2.42. The first-order chi connectivity index (χ1) is 18.1. The van der Waals surface area contributed by atoms with Gasteiger partial charge < -0.3 is 9.84 Å². The van der Waals surface area contributed by atoms with Crippen LogP contribution in [-0.4, -0.2) is 17.7 Å². The smallest absolute Gasteiger partial charge is 0.330 e. The summed E-state index contributed by atoms with van der Waals surface area (Å²) in [7, 11) is 0. The molecule has 200 valence electrons. The number of rotatable bonds is 11. The summed E-state index contributed by atoms with van der Waals surface area (Å²) in [5.74, 6) is 3.37. The number of benzene rings is 2. The van der Waals surface area contributed by atoms with E-state index in [9.17, 15) is 4.79 Å². The van der Waals surface area contributed by atoms with E-state index < -0.39 is 0 Å². The number of ether oxygens (including phenoxy) is 1. The van der Waals surface area contributed by atoms with E-state index in [1.54, 1.807) is 0 Å². The van der Waals surface area contributed by atoms with Crippen LogP contribution in [0.2, 0.25) is 0 Å². The second kappa shape index (κ2) is 14.0. The summed E-state index contributed by atoms with van der Waals surface area (Å²) in [6.45, 7) is 6.42. The van der Waals surface area contributed by atoms with Crippen LogP contribution in [0.15, 0.2) is 55.1 Å². The molecule has 2 saturated carbocycles. The van der Waals surface area contributed by atoms with E-state index >= 15 is 0 Å². The summed E-state index contributed by atoms with van der Waals surface area (Å²) in [4.78, 5) is 11.8. The molecule has 37 heavy (non-hydrogen) atoms. The number of aliphatic hydroxyl groups is 1. The summed E-state index contributed by atoms with van der Waals surface area (Å²) >= 11 is 0. The molecule has 2 aromatic carbocycles. The van der Waals surface area contributed by atoms with Crippen LogP contribution in [-0.2, 0) is 29.0 Å². The molecule has 2 fully saturated rings. The third-order valence-corrected chi connectivity index (χ3v) is 9.05. The summed E-state index contributed by atoms with van der Waals surface area (Å²) < 4.78 is 5.46. The topological polar surface area (TPSA) is 46.5 Å². The van der Waals surface area contributed by atoms with E-state index in [0.717, 1.165) is 59.6 Å². The van der Waals surface area contributed by atoms with Gasteiger partial charge >= 0.3 is 5.97 Å². The van der Waals surface area contributed by atoms with Gasteiger partial charge in [-0.1, -0.05) is 81.7 Å². The van der Waals surface area contributed by atoms with Crippen molar-refractivity contribution in [2.45, 2.75) is 90.6 Å². The van der Waals surface area contributed by atoms with E-state index in [0.29, 0.717) is 0 Å². The van der Waals surface area contributed by atoms with Crippen molar-refractivity contribution in [2.24, 2.45) is 23.7 Å². The fraction of sp³-hybridized carbons (Fsp3) is 0.559. The standard InChI is InChI=1S/C34H46O3/c1-3-34(36)37-24-32-23-28(14-21-33(32)31-19-12-26(13-20-31)5-4-22-35)9-8-27-10-17-30(18-11-27)29-15-6-25(2)7-16-29/h3,12-14,19-21,23,25,27,29-30,35H,1,4-11,15-18,22,24H2,2H3. The maximum atomic E-state index is 11.8. The van der Waals surface area contributed by atoms with Crippen molar-refractivity contribution < 1.29 is 14.6 Å². The Kier molecular flexibility index (Phi) is 10.4. The molecule has 2 aliphatic carbocycles. The summed E-state index contributed by atoms with van der Waals surface area (Å²) in [6, 6.07) is 15.2. The molecule has 3 heteroatoms. The monoisotopic (exact) mass is 502 g/mol. The maximum Gasteiger partial charge on any atom is 0.330 e. The molecule has 0 bridgehead atoms. The van der Waals surface area contributed by atoms with Gasteiger partial charge in [-0.25, -0.2) is 4.79 Å². The molecular weight excluding hydrogens is 456 g/mol. The molecule has 0 spiro atoms. The third kappa shape index (κ3) is 8.04. The molecule has 0 radical (unpaired) electrons. The molecule has 0 aromatic heterocycles. The molecule has 0 atom stereocenters. The van der Waals surface area contributed by atoms with Gasteiger partial charge in [-0.3, -0.25) is 0 Å². The fourth-order valence-corrected chi connectivity index (χ4v) is 6.62. The van der Waals surface area contributed by atoms with E-state index in [1.165, 1.54) is 75.0 Å². The highest BCUT2D eigenvalue weighted by Gasteiger charge is 2.29. The summed E-state index contributed by atoms with van der Waals surface area (Å²) in [5.41, 5.74) is 5.83. The van der Waals surface area contributed by atoms with E-state index in [4.69, 9.17) is 9.84 Å². The first kappa shape index (κ1) is 27.6. The third-order valence-electron chi connectivity index (χ3n) is 9.05. The summed E-state index contributed by atoms with van der Waals surface area (Å²) in [6.07, 6.45) is 16.7. The average molecular weight is 503 g/mol. The minimum absolute atomic E-state index is 0.212. The van der Waals surface area contributed by atoms with Gasteiger partial charge in [0.25, 0.3) is 0 Å². The molecule has 0 amide bonds. The molecular formula is C34H46O3. The van der Waals surface area contributed by atoms with Crippen LogP contribution >= 0.6 is 0 Å². The quantitative estimate of drug-likeness (QED) is 0.250. The fourth-order valence-electron chi connectivity index (χ4n) is 6.62. The predicted octanol–water partition coefficient (Wildman–Crippen LogP) is 8.07. The molecule has 0 aliphatic heterocycles. The van der Waals surface area contributed by atoms with Gasteiger partial charge in [0.05, 0.1) is 0 Å². The van der Waals surface area contributed by atoms with Crippen LogP contribution in [0.5, 0.6) is 0 Å². The van der Waals surface area contributed by atoms with Gasteiger partial charge in [0.1, 0.15) is 6.61 Å². The molecule has 0 unspecified atom stereocenters. The lowest BCUT2D eigenvalue weighted by molar-refractivity contribution is -0.138. The minimum Gasteiger partial charge on any atom is -0.458 e. The van der Waals surface area contributed by atoms with Crippen molar-refractivity contribution in [3.8, 4) is 11.1 Å². The van der Waals surface area contributed by atoms with Crippen LogP contribution in [0.4, 0.5) is 0 Å². The summed E-state index contributed by atoms with van der Waals surface area (Å²) in [5, 5.41) is 9.10. The zero-order valence-corrected chi connectivity index (χ0v) is 22.8. The first-order valence-corrected chi connectivity index (χ1v) is 14.7. The minimum atomic E-state index is -0.389. The Bertz CT molecular complexity index is 992. The average Bonchev–Trinajstić information content (AvgIpc) is 2.94. The number of carbonyl (C=O) groups excluding carboxylic acids is 1. The van der Waals surface area contributed by atoms with Gasteiger partial charge in [0, 0.05) is 12.7 Å². The molecule has 3 nitrogen and oxygen atoms in total. The molecule has 2 aliphatic rings. The van der Waals surface area contributed by atoms with Gasteiger partial charge in [0.15, 0.2) is 0 Å². The zero-order chi connectivity index (χ0) is 26.0. The Morgan fingerprint density at radius 3 is 2.22 bits per heavy atom. The van der Waals surface area contributed by atoms with E-state index in [1.807, 2.05) is 0 Å². The van der Waals surface area contributed by atoms with Crippen LogP contribution in [0.3, 0.4) is 0 Å². The lowest BCUT2D eigenvalue weighted by Gasteiger charge is -2.37. The van der Waals surface area contributed by atoms with Crippen molar-refractivity contribution in [3.05, 3.63) is 71.8 Å². The molecule has 4 rings (SSSR count). The van der Waals surface area contributed by atoms with Crippen molar-refractivity contribution in [1.82, 2.24) is 0 Å². The number of hydrogen-bond donors (Lipinski definition) is 1. The normalized spacial score (nSPS) is 23.9. The van der Waals surface area contributed by atoms with Crippen molar-refractivity contribution in [2.75, 3.05) is 6.61 Å². The van der Waals surface area contributed by atoms with Crippen LogP contribution in [0.25, 0.3) is 11.1 Å². The first-order valence-electron chi connectivity index (χ1n) is 14.7. The Hall–Kier alpha value is -2.39. The maximum absolute atomic E-state index is 11.8. The highest BCUT2D eigenvalue weighted by atomic mass is 16.5. The Labute approximate surface area is 224 Å². The predicted molar refractivity (Wildman–Crippen MR) is 152 cm³/mol. The van der Waals surface area contributed by atoms with Crippen molar-refractivity contribution >= 4 is 5.97 Å². The molecule has 1 N–H and O–H groups in total. The zero-order valence-electron chi connectivity index (χ0n) is 22.8. The SMILES string of the molecule is C=CC(=O)OCc1cc(CCC2CCC(C3CCC(C)CC3)CC2)ccc1-c1ccc(CCCO)cc1. The lowest BCUT2D eigenvalue weighted by Crippen LogP contribution is -2.25. The number of carbonyl (C=O) groups is 1. The van der Waals surface area contributed by atoms with E-state index in [-0.39, 0.29) is 19.2 Å². The molecule has 0 saturated heterocycles. The van der Waals surface area contributed by atoms with Gasteiger partial charge in [0.2, 0.25) is 0 Å². The number of aryl methyl sites for hydroxylation is 2. The van der Waals surface area contributed by atoms with Gasteiger partial charge in [-0.15, -0.1) is 0 Å². The second-order valence-electron chi connectivity index (χ2n) is 11.7. The van der Waals surface area contributed by atoms with Crippen molar-refractivity contribution in [3.63, 3.8) is 0 Å².